The summed E-state index contributed by atoms with van der Waals surface area (Å²) < 4.78 is 5.95. The molecule has 1 aromatic heterocycles. The number of benzene rings is 2. The van der Waals surface area contributed by atoms with E-state index in [9.17, 15) is 0 Å². The number of hydrogen-bond donors (Lipinski definition) is 0. The van der Waals surface area contributed by atoms with Gasteiger partial charge in [0, 0.05) is 17.1 Å². The van der Waals surface area contributed by atoms with Crippen LogP contribution in [0.15, 0.2) is 138 Å². The van der Waals surface area contributed by atoms with Crippen molar-refractivity contribution < 1.29 is 21.5 Å². The van der Waals surface area contributed by atoms with Crippen LogP contribution in [0.5, 0.6) is 0 Å². The van der Waals surface area contributed by atoms with E-state index in [1.165, 1.54) is 15.9 Å². The third kappa shape index (κ3) is 6.08. The molecule has 0 N–H and O–H groups in total. The van der Waals surface area contributed by atoms with Gasteiger partial charge in [-0.2, -0.15) is 6.07 Å². The molecule has 35 heavy (non-hydrogen) atoms. The van der Waals surface area contributed by atoms with E-state index in [-0.39, 0.29) is 17.1 Å². The molecule has 0 unspecified atom stereocenters. The van der Waals surface area contributed by atoms with Gasteiger partial charge in [0.1, 0.15) is 12.0 Å². The fraction of sp³-hybridized carbons (Fsp3) is 0.0645. The summed E-state index contributed by atoms with van der Waals surface area (Å²) in [7, 11) is -0.687. The summed E-state index contributed by atoms with van der Waals surface area (Å²) in [5.41, 5.74) is 3.13. The van der Waals surface area contributed by atoms with Crippen LogP contribution in [0, 0.1) is 0 Å². The molecular formula is C31H26FeNOP-6. The molecule has 2 nitrogen and oxygen atoms in total. The van der Waals surface area contributed by atoms with Crippen LogP contribution in [0.3, 0.4) is 0 Å². The molecule has 0 aliphatic heterocycles. The summed E-state index contributed by atoms with van der Waals surface area (Å²) >= 11 is 0. The molecule has 6 rings (SSSR count). The molecule has 180 valence electrons. The molecular weight excluding hydrogens is 489 g/mol. The van der Waals surface area contributed by atoms with Gasteiger partial charge in [0.2, 0.25) is 0 Å². The smallest absolute Gasteiger partial charge is 0.169 e. The molecule has 1 aliphatic rings. The van der Waals surface area contributed by atoms with Gasteiger partial charge in [-0.05, 0) is 36.9 Å². The largest absolute Gasteiger partial charge is 0.748 e. The maximum absolute atomic E-state index is 5.95. The zero-order chi connectivity index (χ0) is 23.0. The minimum Gasteiger partial charge on any atom is -0.748 e. The number of rotatable bonds is 5. The maximum Gasteiger partial charge on any atom is 0.169 e. The molecule has 0 saturated heterocycles. The number of oxazole rings is 1. The Morgan fingerprint density at radius 3 is 1.97 bits per heavy atom. The van der Waals surface area contributed by atoms with Crippen LogP contribution in [-0.4, -0.2) is 4.98 Å². The summed E-state index contributed by atoms with van der Waals surface area (Å²) in [6, 6.07) is 37.9. The molecule has 0 radical (unpaired) electrons. The Bertz CT molecular complexity index is 1290. The zero-order valence-corrected chi connectivity index (χ0v) is 21.3. The Labute approximate surface area is 219 Å². The quantitative estimate of drug-likeness (QED) is 0.144. The second-order valence-electron chi connectivity index (χ2n) is 7.97. The SMILES string of the molecule is C1=CC(c2coc(-[c-]3cccc3P(c3ccccc3)c3ccccc3)n2)=CCC1.[Fe].[cH-]1[cH-][cH-][cH-][cH-]1. The number of aromatic nitrogens is 1. The summed E-state index contributed by atoms with van der Waals surface area (Å²) in [6.07, 6.45) is 10.5. The molecule has 0 atom stereocenters. The van der Waals surface area contributed by atoms with Gasteiger partial charge in [0.05, 0.1) is 0 Å². The summed E-state index contributed by atoms with van der Waals surface area (Å²) in [5.74, 6) is 0.694. The fourth-order valence-corrected chi connectivity index (χ4v) is 6.46. The standard InChI is InChI=1S/C26H21NOP.C5H5.Fe/c1-4-11-20(12-5-1)24-19-28-26(27-24)23-17-10-18-25(23)29(21-13-6-2-7-14-21)22-15-8-3-9-16-22;1-2-4-5-3-1;/h2-4,6-19H,1,5H2;1-5H;/q-1;-5;. The summed E-state index contributed by atoms with van der Waals surface area (Å²) in [6.45, 7) is 0. The molecule has 1 aliphatic carbocycles. The molecule has 5 aromatic rings. The Hall–Kier alpha value is -3.22. The first-order valence-electron chi connectivity index (χ1n) is 11.6. The van der Waals surface area contributed by atoms with E-state index < -0.39 is 7.92 Å². The van der Waals surface area contributed by atoms with E-state index >= 15 is 0 Å². The van der Waals surface area contributed by atoms with Gasteiger partial charge in [-0.3, -0.25) is 0 Å². The predicted octanol–water partition coefficient (Wildman–Crippen LogP) is 6.96. The minimum absolute atomic E-state index is 0. The van der Waals surface area contributed by atoms with Crippen LogP contribution < -0.4 is 15.9 Å². The van der Waals surface area contributed by atoms with Crippen LogP contribution in [0.25, 0.3) is 17.0 Å². The maximum atomic E-state index is 5.95. The van der Waals surface area contributed by atoms with Crippen LogP contribution in [-0.2, 0) is 17.1 Å². The van der Waals surface area contributed by atoms with Gasteiger partial charge in [0.15, 0.2) is 5.89 Å². The van der Waals surface area contributed by atoms with Crippen molar-refractivity contribution in [2.24, 2.45) is 0 Å². The van der Waals surface area contributed by atoms with Crippen molar-refractivity contribution in [1.82, 2.24) is 4.98 Å². The zero-order valence-electron chi connectivity index (χ0n) is 19.3. The van der Waals surface area contributed by atoms with Crippen LogP contribution in [0.2, 0.25) is 0 Å². The monoisotopic (exact) mass is 515 g/mol. The number of nitrogens with zero attached hydrogens (tertiary/aromatic N) is 1. The Morgan fingerprint density at radius 2 is 1.40 bits per heavy atom. The summed E-state index contributed by atoms with van der Waals surface area (Å²) in [5, 5.41) is 3.93. The van der Waals surface area contributed by atoms with Crippen molar-refractivity contribution in [1.29, 1.82) is 0 Å². The van der Waals surface area contributed by atoms with Crippen LogP contribution >= 0.6 is 7.92 Å². The second-order valence-corrected chi connectivity index (χ2v) is 10.2. The van der Waals surface area contributed by atoms with Gasteiger partial charge in [-0.15, -0.1) is 5.30 Å². The van der Waals surface area contributed by atoms with Gasteiger partial charge >= 0.3 is 0 Å². The average Bonchev–Trinajstić information content (AvgIpc) is 3.70. The first-order valence-corrected chi connectivity index (χ1v) is 12.9. The van der Waals surface area contributed by atoms with Crippen LogP contribution in [0.1, 0.15) is 18.5 Å². The molecule has 4 aromatic carbocycles. The van der Waals surface area contributed by atoms with Gasteiger partial charge in [-0.1, -0.05) is 84.5 Å². The van der Waals surface area contributed by atoms with Crippen molar-refractivity contribution >= 4 is 29.4 Å². The Kier molecular flexibility index (Phi) is 8.87. The molecule has 0 saturated carbocycles. The van der Waals surface area contributed by atoms with Gasteiger partial charge in [0.25, 0.3) is 0 Å². The molecule has 1 heterocycles. The molecule has 0 bridgehead atoms. The van der Waals surface area contributed by atoms with E-state index in [0.717, 1.165) is 29.7 Å². The first-order chi connectivity index (χ1) is 16.9. The Balaban J connectivity index is 0.000000431. The molecule has 0 amide bonds. The molecule has 0 spiro atoms. The predicted molar refractivity (Wildman–Crippen MR) is 145 cm³/mol. The van der Waals surface area contributed by atoms with Crippen molar-refractivity contribution in [3.05, 3.63) is 139 Å². The average molecular weight is 515 g/mol. The summed E-state index contributed by atoms with van der Waals surface area (Å²) in [4.78, 5) is 4.83. The number of hydrogen-bond acceptors (Lipinski definition) is 2. The van der Waals surface area contributed by atoms with Gasteiger partial charge in [-0.25, -0.2) is 17.1 Å². The second kappa shape index (κ2) is 12.5. The number of allylic oxidation sites excluding steroid dienone is 4. The van der Waals surface area contributed by atoms with Crippen molar-refractivity contribution in [3.63, 3.8) is 0 Å². The van der Waals surface area contributed by atoms with E-state index in [0.29, 0.717) is 5.89 Å². The fourth-order valence-electron chi connectivity index (χ4n) is 4.02. The van der Waals surface area contributed by atoms with Crippen molar-refractivity contribution in [2.75, 3.05) is 0 Å². The molecule has 4 heteroatoms. The third-order valence-electron chi connectivity index (χ3n) is 5.64. The van der Waals surface area contributed by atoms with Crippen LogP contribution in [0.4, 0.5) is 0 Å². The van der Waals surface area contributed by atoms with E-state index in [2.05, 4.69) is 97.1 Å². The minimum atomic E-state index is -0.687. The van der Waals surface area contributed by atoms with Crippen molar-refractivity contribution in [2.45, 2.75) is 12.8 Å². The van der Waals surface area contributed by atoms with Gasteiger partial charge < -0.3 is 34.7 Å². The third-order valence-corrected chi connectivity index (χ3v) is 8.14. The molecule has 0 fully saturated rings. The Morgan fingerprint density at radius 1 is 0.771 bits per heavy atom. The van der Waals surface area contributed by atoms with E-state index in [4.69, 9.17) is 9.40 Å². The normalized spacial score (nSPS) is 12.4. The first kappa shape index (κ1) is 24.9. The topological polar surface area (TPSA) is 26.0 Å². The van der Waals surface area contributed by atoms with E-state index in [1.807, 2.05) is 30.3 Å². The van der Waals surface area contributed by atoms with Crippen molar-refractivity contribution in [3.8, 4) is 11.5 Å². The van der Waals surface area contributed by atoms with E-state index in [1.54, 1.807) is 6.26 Å².